The van der Waals surface area contributed by atoms with Crippen LogP contribution in [0.25, 0.3) is 11.1 Å². The first-order valence-electron chi connectivity index (χ1n) is 11.4. The van der Waals surface area contributed by atoms with Gasteiger partial charge in [-0.05, 0) is 73.0 Å². The molecule has 0 amide bonds. The van der Waals surface area contributed by atoms with Crippen LogP contribution in [-0.4, -0.2) is 26.7 Å². The fourth-order valence-electron chi connectivity index (χ4n) is 4.09. The summed E-state index contributed by atoms with van der Waals surface area (Å²) in [7, 11) is 0. The molecule has 35 heavy (non-hydrogen) atoms. The number of pyridine rings is 1. The van der Waals surface area contributed by atoms with E-state index in [-0.39, 0.29) is 24.1 Å². The summed E-state index contributed by atoms with van der Waals surface area (Å²) < 4.78 is 14.9. The lowest BCUT2D eigenvalue weighted by molar-refractivity contribution is 0.0826. The molecule has 3 heterocycles. The van der Waals surface area contributed by atoms with E-state index in [1.165, 1.54) is 6.07 Å². The average molecular weight is 467 g/mol. The number of Topliss-reactive ketones (excluding diaryl/α,β-unsaturated/α-hetero) is 1. The van der Waals surface area contributed by atoms with Gasteiger partial charge in [-0.2, -0.15) is 10.2 Å². The van der Waals surface area contributed by atoms with Gasteiger partial charge in [0.2, 0.25) is 0 Å². The minimum absolute atomic E-state index is 0.0629. The number of carbonyl (C=O) groups excluding carboxylic acids is 1. The number of benzene rings is 2. The van der Waals surface area contributed by atoms with Gasteiger partial charge in [0.1, 0.15) is 5.82 Å². The SMILES string of the molecule is Cc1ccc(-c2cc(C(=O)CCc3cccnn3)cc(C3=NOC(c4ccccn4)C3)c2)c(F)c1. The minimum atomic E-state index is -0.337. The van der Waals surface area contributed by atoms with Crippen molar-refractivity contribution in [1.29, 1.82) is 0 Å². The van der Waals surface area contributed by atoms with Crippen molar-refractivity contribution in [2.24, 2.45) is 5.16 Å². The van der Waals surface area contributed by atoms with Crippen molar-refractivity contribution < 1.29 is 14.0 Å². The molecule has 1 aliphatic heterocycles. The largest absolute Gasteiger partial charge is 0.385 e. The van der Waals surface area contributed by atoms with Crippen LogP contribution in [0.5, 0.6) is 0 Å². The molecule has 0 radical (unpaired) electrons. The smallest absolute Gasteiger partial charge is 0.174 e. The summed E-state index contributed by atoms with van der Waals surface area (Å²) in [5.41, 5.74) is 5.32. The third-order valence-corrected chi connectivity index (χ3v) is 5.95. The van der Waals surface area contributed by atoms with Gasteiger partial charge in [0.05, 0.1) is 17.1 Å². The number of aromatic nitrogens is 3. The Balaban J connectivity index is 1.47. The molecule has 0 aliphatic carbocycles. The average Bonchev–Trinajstić information content (AvgIpc) is 3.39. The van der Waals surface area contributed by atoms with E-state index in [2.05, 4.69) is 20.3 Å². The number of rotatable bonds is 7. The van der Waals surface area contributed by atoms with E-state index in [0.29, 0.717) is 35.2 Å². The number of ketones is 1. The Labute approximate surface area is 202 Å². The van der Waals surface area contributed by atoms with E-state index < -0.39 is 0 Å². The van der Waals surface area contributed by atoms with Crippen molar-refractivity contribution in [2.45, 2.75) is 32.3 Å². The van der Waals surface area contributed by atoms with Crippen LogP contribution < -0.4 is 0 Å². The number of oxime groups is 1. The molecule has 174 valence electrons. The molecule has 0 fully saturated rings. The fraction of sp³-hybridized carbons (Fsp3) is 0.179. The summed E-state index contributed by atoms with van der Waals surface area (Å²) in [6, 6.07) is 19.8. The van der Waals surface area contributed by atoms with Gasteiger partial charge >= 0.3 is 0 Å². The lowest BCUT2D eigenvalue weighted by Gasteiger charge is -2.11. The molecular formula is C28H23FN4O2. The molecule has 5 rings (SSSR count). The van der Waals surface area contributed by atoms with Gasteiger partial charge in [-0.15, -0.1) is 0 Å². The summed E-state index contributed by atoms with van der Waals surface area (Å²) in [4.78, 5) is 23.2. The van der Waals surface area contributed by atoms with Crippen molar-refractivity contribution in [2.75, 3.05) is 0 Å². The summed E-state index contributed by atoms with van der Waals surface area (Å²) in [6.07, 6.45) is 4.24. The molecule has 1 atom stereocenters. The Hall–Kier alpha value is -4.26. The van der Waals surface area contributed by atoms with Crippen LogP contribution in [0, 0.1) is 12.7 Å². The van der Waals surface area contributed by atoms with Gasteiger partial charge in [-0.3, -0.25) is 9.78 Å². The Morgan fingerprint density at radius 1 is 1.03 bits per heavy atom. The zero-order chi connectivity index (χ0) is 24.2. The second-order valence-electron chi connectivity index (χ2n) is 8.51. The molecule has 0 saturated heterocycles. The van der Waals surface area contributed by atoms with Crippen LogP contribution in [-0.2, 0) is 11.3 Å². The molecule has 2 aromatic heterocycles. The van der Waals surface area contributed by atoms with E-state index in [1.54, 1.807) is 36.7 Å². The van der Waals surface area contributed by atoms with Gasteiger partial charge < -0.3 is 4.84 Å². The van der Waals surface area contributed by atoms with E-state index in [0.717, 1.165) is 22.5 Å². The minimum Gasteiger partial charge on any atom is -0.385 e. The topological polar surface area (TPSA) is 77.3 Å². The van der Waals surface area contributed by atoms with Crippen LogP contribution in [0.3, 0.4) is 0 Å². The predicted molar refractivity (Wildman–Crippen MR) is 130 cm³/mol. The van der Waals surface area contributed by atoms with Crippen molar-refractivity contribution in [3.63, 3.8) is 0 Å². The lowest BCUT2D eigenvalue weighted by Crippen LogP contribution is -2.07. The molecule has 6 nitrogen and oxygen atoms in total. The third kappa shape index (κ3) is 5.14. The van der Waals surface area contributed by atoms with Crippen LogP contribution in [0.15, 0.2) is 84.3 Å². The van der Waals surface area contributed by atoms with E-state index in [9.17, 15) is 9.18 Å². The summed E-state index contributed by atoms with van der Waals surface area (Å²) in [5.74, 6) is -0.400. The maximum atomic E-state index is 14.9. The molecule has 0 N–H and O–H groups in total. The molecule has 4 aromatic rings. The van der Waals surface area contributed by atoms with Crippen LogP contribution in [0.1, 0.15) is 51.8 Å². The number of hydrogen-bond acceptors (Lipinski definition) is 6. The maximum absolute atomic E-state index is 14.9. The quantitative estimate of drug-likeness (QED) is 0.328. The predicted octanol–water partition coefficient (Wildman–Crippen LogP) is 5.67. The third-order valence-electron chi connectivity index (χ3n) is 5.95. The van der Waals surface area contributed by atoms with Crippen LogP contribution in [0.4, 0.5) is 4.39 Å². The molecule has 1 unspecified atom stereocenters. The molecule has 1 aliphatic rings. The number of nitrogens with zero attached hydrogens (tertiary/aromatic N) is 4. The summed E-state index contributed by atoms with van der Waals surface area (Å²) in [6.45, 7) is 1.84. The molecule has 0 saturated carbocycles. The number of carbonyl (C=O) groups is 1. The maximum Gasteiger partial charge on any atom is 0.174 e. The number of hydrogen-bond donors (Lipinski definition) is 0. The highest BCUT2D eigenvalue weighted by Crippen LogP contribution is 2.32. The molecule has 7 heteroatoms. The van der Waals surface area contributed by atoms with Gasteiger partial charge in [0.15, 0.2) is 11.9 Å². The molecule has 0 bridgehead atoms. The Kier molecular flexibility index (Phi) is 6.39. The van der Waals surface area contributed by atoms with Crippen molar-refractivity contribution >= 4 is 11.5 Å². The first-order chi connectivity index (χ1) is 17.1. The Morgan fingerprint density at radius 3 is 2.69 bits per heavy atom. The fourth-order valence-corrected chi connectivity index (χ4v) is 4.09. The highest BCUT2D eigenvalue weighted by atomic mass is 19.1. The van der Waals surface area contributed by atoms with Crippen LogP contribution >= 0.6 is 0 Å². The molecule has 0 spiro atoms. The zero-order valence-corrected chi connectivity index (χ0v) is 19.2. The molecular weight excluding hydrogens is 443 g/mol. The van der Waals surface area contributed by atoms with Crippen molar-refractivity contribution in [3.05, 3.63) is 113 Å². The second kappa shape index (κ2) is 9.93. The number of halogens is 1. The normalized spacial score (nSPS) is 14.9. The number of aryl methyl sites for hydroxylation is 2. The first-order valence-corrected chi connectivity index (χ1v) is 11.4. The highest BCUT2D eigenvalue weighted by molar-refractivity contribution is 6.05. The lowest BCUT2D eigenvalue weighted by atomic mass is 9.92. The van der Waals surface area contributed by atoms with Gasteiger partial charge in [0.25, 0.3) is 0 Å². The van der Waals surface area contributed by atoms with E-state index in [1.807, 2.05) is 43.3 Å². The van der Waals surface area contributed by atoms with Gasteiger partial charge in [-0.25, -0.2) is 4.39 Å². The zero-order valence-electron chi connectivity index (χ0n) is 19.2. The summed E-state index contributed by atoms with van der Waals surface area (Å²) in [5, 5.41) is 12.2. The van der Waals surface area contributed by atoms with Crippen LogP contribution in [0.2, 0.25) is 0 Å². The summed E-state index contributed by atoms with van der Waals surface area (Å²) >= 11 is 0. The Morgan fingerprint density at radius 2 is 1.91 bits per heavy atom. The Bertz CT molecular complexity index is 1390. The first kappa shape index (κ1) is 22.5. The second-order valence-corrected chi connectivity index (χ2v) is 8.51. The van der Waals surface area contributed by atoms with Gasteiger partial charge in [-0.1, -0.05) is 23.4 Å². The standard InChI is InChI=1S/C28H23FN4O2/c1-18-7-9-23(24(29)13-18)19-14-20(26-17-28(35-33-26)25-6-2-3-11-30-25)16-21(15-19)27(34)10-8-22-5-4-12-31-32-22/h2-7,9,11-16,28H,8,10,17H2,1H3. The van der Waals surface area contributed by atoms with E-state index in [4.69, 9.17) is 4.84 Å². The molecule has 2 aromatic carbocycles. The monoisotopic (exact) mass is 466 g/mol. The van der Waals surface area contributed by atoms with E-state index >= 15 is 0 Å². The van der Waals surface area contributed by atoms with Gasteiger partial charge in [0, 0.05) is 41.9 Å². The highest BCUT2D eigenvalue weighted by Gasteiger charge is 2.26. The van der Waals surface area contributed by atoms with Crippen molar-refractivity contribution in [1.82, 2.24) is 15.2 Å². The van der Waals surface area contributed by atoms with Crippen molar-refractivity contribution in [3.8, 4) is 11.1 Å².